The lowest BCUT2D eigenvalue weighted by atomic mass is 10.1. The van der Waals surface area contributed by atoms with Crippen LogP contribution in [0, 0.1) is 0 Å². The van der Waals surface area contributed by atoms with Gasteiger partial charge in [-0.2, -0.15) is 0 Å². The van der Waals surface area contributed by atoms with Crippen LogP contribution in [0.3, 0.4) is 0 Å². The number of ether oxygens (including phenoxy) is 1. The fourth-order valence-corrected chi connectivity index (χ4v) is 1.79. The molecule has 1 N–H and O–H groups in total. The molecule has 1 heterocycles. The molecular formula is C12H26N2O. The summed E-state index contributed by atoms with van der Waals surface area (Å²) in [6.45, 7) is 14.1. The fraction of sp³-hybridized carbons (Fsp3) is 1.00. The minimum Gasteiger partial charge on any atom is -0.380 e. The Bertz CT molecular complexity index is 169. The second-order valence-electron chi connectivity index (χ2n) is 5.48. The molecular weight excluding hydrogens is 188 g/mol. The maximum Gasteiger partial charge on any atom is 0.0593 e. The molecule has 1 rings (SSSR count). The van der Waals surface area contributed by atoms with E-state index in [9.17, 15) is 0 Å². The van der Waals surface area contributed by atoms with Gasteiger partial charge in [-0.15, -0.1) is 0 Å². The summed E-state index contributed by atoms with van der Waals surface area (Å²) in [6, 6.07) is 0.603. The normalized spacial score (nSPS) is 22.4. The monoisotopic (exact) mass is 214 g/mol. The summed E-state index contributed by atoms with van der Waals surface area (Å²) in [5.41, 5.74) is 0.219. The van der Waals surface area contributed by atoms with Crippen molar-refractivity contribution >= 4 is 0 Å². The van der Waals surface area contributed by atoms with Gasteiger partial charge >= 0.3 is 0 Å². The van der Waals surface area contributed by atoms with Crippen LogP contribution in [0.15, 0.2) is 0 Å². The van der Waals surface area contributed by atoms with E-state index in [1.807, 2.05) is 0 Å². The van der Waals surface area contributed by atoms with E-state index in [1.54, 1.807) is 0 Å². The van der Waals surface area contributed by atoms with Crippen molar-refractivity contribution < 1.29 is 4.74 Å². The van der Waals surface area contributed by atoms with E-state index in [1.165, 1.54) is 13.0 Å². The van der Waals surface area contributed by atoms with E-state index in [0.29, 0.717) is 6.04 Å². The van der Waals surface area contributed by atoms with E-state index < -0.39 is 0 Å². The number of nitrogens with one attached hydrogen (secondary N) is 1. The molecule has 1 fully saturated rings. The van der Waals surface area contributed by atoms with Crippen LogP contribution in [-0.2, 0) is 4.74 Å². The predicted octanol–water partition coefficient (Wildman–Crippen LogP) is 1.49. The van der Waals surface area contributed by atoms with E-state index in [-0.39, 0.29) is 5.54 Å². The van der Waals surface area contributed by atoms with Crippen molar-refractivity contribution in [1.29, 1.82) is 0 Å². The van der Waals surface area contributed by atoms with Crippen LogP contribution in [0.1, 0.15) is 34.1 Å². The molecule has 1 atom stereocenters. The van der Waals surface area contributed by atoms with Gasteiger partial charge in [-0.3, -0.25) is 4.90 Å². The number of hydrogen-bond acceptors (Lipinski definition) is 3. The van der Waals surface area contributed by atoms with Crippen molar-refractivity contribution in [3.8, 4) is 0 Å². The molecule has 0 spiro atoms. The molecule has 1 aliphatic heterocycles. The Morgan fingerprint density at radius 1 is 1.27 bits per heavy atom. The Morgan fingerprint density at radius 2 is 2.00 bits per heavy atom. The highest BCUT2D eigenvalue weighted by Crippen LogP contribution is 2.06. The minimum absolute atomic E-state index is 0.219. The van der Waals surface area contributed by atoms with Crippen molar-refractivity contribution in [2.24, 2.45) is 0 Å². The maximum atomic E-state index is 5.46. The summed E-state index contributed by atoms with van der Waals surface area (Å²) in [4.78, 5) is 2.52. The molecule has 0 aromatic heterocycles. The highest BCUT2D eigenvalue weighted by Gasteiger charge is 2.17. The third-order valence-corrected chi connectivity index (χ3v) is 2.81. The molecule has 0 amide bonds. The molecule has 90 valence electrons. The summed E-state index contributed by atoms with van der Waals surface area (Å²) in [5, 5.41) is 3.56. The van der Waals surface area contributed by atoms with Gasteiger partial charge in [0.15, 0.2) is 0 Å². The Hall–Kier alpha value is -0.120. The van der Waals surface area contributed by atoms with Crippen LogP contribution in [0.5, 0.6) is 0 Å². The molecule has 15 heavy (non-hydrogen) atoms. The van der Waals surface area contributed by atoms with Crippen LogP contribution >= 0.6 is 0 Å². The first-order chi connectivity index (χ1) is 6.99. The van der Waals surface area contributed by atoms with Crippen LogP contribution in [-0.4, -0.2) is 49.3 Å². The zero-order valence-electron chi connectivity index (χ0n) is 10.7. The Kier molecular flexibility index (Phi) is 5.03. The zero-order valence-corrected chi connectivity index (χ0v) is 10.7. The lowest BCUT2D eigenvalue weighted by Crippen LogP contribution is -2.47. The van der Waals surface area contributed by atoms with Crippen LogP contribution < -0.4 is 5.32 Å². The zero-order chi connectivity index (χ0) is 11.3. The Balaban J connectivity index is 2.28. The number of rotatable bonds is 3. The van der Waals surface area contributed by atoms with Gasteiger partial charge in [0.2, 0.25) is 0 Å². The van der Waals surface area contributed by atoms with E-state index in [4.69, 9.17) is 4.74 Å². The summed E-state index contributed by atoms with van der Waals surface area (Å²) >= 11 is 0. The molecule has 0 radical (unpaired) electrons. The first-order valence-corrected chi connectivity index (χ1v) is 6.06. The van der Waals surface area contributed by atoms with Gasteiger partial charge in [-0.05, 0) is 34.1 Å². The Labute approximate surface area is 94.2 Å². The first-order valence-electron chi connectivity index (χ1n) is 6.06. The molecule has 3 nitrogen and oxygen atoms in total. The predicted molar refractivity (Wildman–Crippen MR) is 64.2 cm³/mol. The SMILES string of the molecule is CC(CNC(C)(C)C)N1CCCOCC1. The lowest BCUT2D eigenvalue weighted by molar-refractivity contribution is 0.132. The smallest absolute Gasteiger partial charge is 0.0593 e. The summed E-state index contributed by atoms with van der Waals surface area (Å²) in [7, 11) is 0. The molecule has 0 aromatic carbocycles. The second-order valence-corrected chi connectivity index (χ2v) is 5.48. The first kappa shape index (κ1) is 12.9. The molecule has 0 bridgehead atoms. The van der Waals surface area contributed by atoms with Crippen molar-refractivity contribution in [3.63, 3.8) is 0 Å². The highest BCUT2D eigenvalue weighted by molar-refractivity contribution is 4.77. The largest absolute Gasteiger partial charge is 0.380 e. The number of hydrogen-bond donors (Lipinski definition) is 1. The maximum absolute atomic E-state index is 5.46. The quantitative estimate of drug-likeness (QED) is 0.770. The van der Waals surface area contributed by atoms with E-state index in [2.05, 4.69) is 37.9 Å². The van der Waals surface area contributed by atoms with E-state index in [0.717, 1.165) is 26.3 Å². The standard InChI is InChI=1S/C12H26N2O/c1-11(10-13-12(2,3)4)14-6-5-8-15-9-7-14/h11,13H,5-10H2,1-4H3. The molecule has 1 unspecified atom stereocenters. The van der Waals surface area contributed by atoms with Crippen LogP contribution in [0.4, 0.5) is 0 Å². The van der Waals surface area contributed by atoms with Crippen molar-refractivity contribution in [3.05, 3.63) is 0 Å². The molecule has 0 aromatic rings. The second kappa shape index (κ2) is 5.83. The van der Waals surface area contributed by atoms with Crippen LogP contribution in [0.25, 0.3) is 0 Å². The van der Waals surface area contributed by atoms with Gasteiger partial charge in [0.25, 0.3) is 0 Å². The summed E-state index contributed by atoms with van der Waals surface area (Å²) in [6.07, 6.45) is 1.17. The van der Waals surface area contributed by atoms with Gasteiger partial charge in [0.05, 0.1) is 6.61 Å². The Morgan fingerprint density at radius 3 is 2.67 bits per heavy atom. The van der Waals surface area contributed by atoms with Gasteiger partial charge in [0, 0.05) is 37.8 Å². The van der Waals surface area contributed by atoms with Gasteiger partial charge in [-0.25, -0.2) is 0 Å². The third-order valence-electron chi connectivity index (χ3n) is 2.81. The lowest BCUT2D eigenvalue weighted by Gasteiger charge is -2.30. The molecule has 1 saturated heterocycles. The van der Waals surface area contributed by atoms with Gasteiger partial charge in [0.1, 0.15) is 0 Å². The fourth-order valence-electron chi connectivity index (χ4n) is 1.79. The van der Waals surface area contributed by atoms with Crippen molar-refractivity contribution in [2.45, 2.75) is 45.7 Å². The average molecular weight is 214 g/mol. The molecule has 1 aliphatic rings. The molecule has 0 aliphatic carbocycles. The van der Waals surface area contributed by atoms with Gasteiger partial charge < -0.3 is 10.1 Å². The van der Waals surface area contributed by atoms with Crippen molar-refractivity contribution in [1.82, 2.24) is 10.2 Å². The number of nitrogens with zero attached hydrogens (tertiary/aromatic N) is 1. The summed E-state index contributed by atoms with van der Waals surface area (Å²) in [5.74, 6) is 0. The third kappa shape index (κ3) is 5.50. The van der Waals surface area contributed by atoms with Crippen LogP contribution in [0.2, 0.25) is 0 Å². The summed E-state index contributed by atoms with van der Waals surface area (Å²) < 4.78 is 5.46. The van der Waals surface area contributed by atoms with Gasteiger partial charge in [-0.1, -0.05) is 0 Å². The highest BCUT2D eigenvalue weighted by atomic mass is 16.5. The van der Waals surface area contributed by atoms with E-state index >= 15 is 0 Å². The van der Waals surface area contributed by atoms with Crippen molar-refractivity contribution in [2.75, 3.05) is 32.8 Å². The molecule has 0 saturated carbocycles. The average Bonchev–Trinajstić information content (AvgIpc) is 2.41. The topological polar surface area (TPSA) is 24.5 Å². The minimum atomic E-state index is 0.219. The molecule has 3 heteroatoms.